The van der Waals surface area contributed by atoms with Gasteiger partial charge in [0.05, 0.1) is 6.61 Å². The Morgan fingerprint density at radius 2 is 2.27 bits per heavy atom. The average Bonchev–Trinajstić information content (AvgIpc) is 2.17. The van der Waals surface area contributed by atoms with Gasteiger partial charge in [0.15, 0.2) is 0 Å². The number of hydrogen-bond donors (Lipinski definition) is 0. The normalized spacial score (nSPS) is 17.6. The van der Waals surface area contributed by atoms with E-state index in [9.17, 15) is 18.0 Å². The lowest BCUT2D eigenvalue weighted by atomic mass is 10.1. The van der Waals surface area contributed by atoms with Gasteiger partial charge < -0.3 is 9.64 Å². The third-order valence-corrected chi connectivity index (χ3v) is 2.16. The van der Waals surface area contributed by atoms with Crippen LogP contribution in [0.1, 0.15) is 6.42 Å². The van der Waals surface area contributed by atoms with Crippen LogP contribution in [0.5, 0.6) is 0 Å². The lowest BCUT2D eigenvalue weighted by Gasteiger charge is -2.26. The zero-order valence-corrected chi connectivity index (χ0v) is 8.30. The van der Waals surface area contributed by atoms with E-state index in [2.05, 4.69) is 0 Å². The van der Waals surface area contributed by atoms with Crippen LogP contribution in [0.4, 0.5) is 13.2 Å². The summed E-state index contributed by atoms with van der Waals surface area (Å²) >= 11 is 0. The molecule has 0 aromatic carbocycles. The molecule has 0 radical (unpaired) electrons. The Labute approximate surface area is 85.5 Å². The Kier molecular flexibility index (Phi) is 3.73. The van der Waals surface area contributed by atoms with Gasteiger partial charge >= 0.3 is 12.1 Å². The first kappa shape index (κ1) is 12.0. The van der Waals surface area contributed by atoms with E-state index in [4.69, 9.17) is 4.74 Å². The Morgan fingerprint density at radius 1 is 1.60 bits per heavy atom. The molecule has 0 fully saturated rings. The van der Waals surface area contributed by atoms with Crippen LogP contribution in [0.3, 0.4) is 0 Å². The van der Waals surface area contributed by atoms with Crippen LogP contribution < -0.4 is 0 Å². The highest BCUT2D eigenvalue weighted by molar-refractivity contribution is 5.82. The minimum Gasteiger partial charge on any atom is -0.380 e. The van der Waals surface area contributed by atoms with Crippen molar-refractivity contribution in [3.8, 4) is 0 Å². The maximum atomic E-state index is 12.0. The highest BCUT2D eigenvalue weighted by atomic mass is 19.4. The summed E-state index contributed by atoms with van der Waals surface area (Å²) in [6.07, 6.45) is -2.72. The third kappa shape index (κ3) is 3.23. The minimum atomic E-state index is -4.77. The van der Waals surface area contributed by atoms with Crippen LogP contribution >= 0.6 is 0 Å². The van der Waals surface area contributed by atoms with Crippen LogP contribution in [0.15, 0.2) is 11.6 Å². The van der Waals surface area contributed by atoms with Gasteiger partial charge in [0, 0.05) is 20.2 Å². The van der Waals surface area contributed by atoms with Crippen molar-refractivity contribution in [1.82, 2.24) is 4.90 Å². The molecule has 1 rings (SSSR count). The SMILES string of the molecule is COCC1=CCN(C(=O)C(F)(F)F)CC1. The van der Waals surface area contributed by atoms with Crippen LogP contribution in [-0.4, -0.2) is 43.8 Å². The van der Waals surface area contributed by atoms with E-state index < -0.39 is 12.1 Å². The van der Waals surface area contributed by atoms with Gasteiger partial charge in [-0.15, -0.1) is 0 Å². The molecule has 0 aromatic heterocycles. The van der Waals surface area contributed by atoms with Crippen molar-refractivity contribution in [2.75, 3.05) is 26.8 Å². The van der Waals surface area contributed by atoms with Crippen molar-refractivity contribution in [3.05, 3.63) is 11.6 Å². The molecule has 0 aliphatic carbocycles. The summed E-state index contributed by atoms with van der Waals surface area (Å²) in [6, 6.07) is 0. The van der Waals surface area contributed by atoms with Gasteiger partial charge in [0.2, 0.25) is 0 Å². The Morgan fingerprint density at radius 3 is 2.67 bits per heavy atom. The standard InChI is InChI=1S/C9H12F3NO2/c1-15-6-7-2-4-13(5-3-7)8(14)9(10,11)12/h2H,3-6H2,1H3. The predicted octanol–water partition coefficient (Wildman–Crippen LogP) is 1.35. The van der Waals surface area contributed by atoms with Gasteiger partial charge in [-0.1, -0.05) is 6.08 Å². The number of carbonyl (C=O) groups excluding carboxylic acids is 1. The van der Waals surface area contributed by atoms with Crippen molar-refractivity contribution in [3.63, 3.8) is 0 Å². The first-order chi connectivity index (χ1) is 6.95. The van der Waals surface area contributed by atoms with E-state index in [0.717, 1.165) is 10.5 Å². The summed E-state index contributed by atoms with van der Waals surface area (Å²) in [5, 5.41) is 0. The highest BCUT2D eigenvalue weighted by Crippen LogP contribution is 2.21. The Hall–Kier alpha value is -1.04. The van der Waals surface area contributed by atoms with Crippen molar-refractivity contribution in [2.45, 2.75) is 12.6 Å². The van der Waals surface area contributed by atoms with E-state index in [1.807, 2.05) is 0 Å². The molecule has 0 saturated carbocycles. The summed E-state index contributed by atoms with van der Waals surface area (Å²) < 4.78 is 41.0. The summed E-state index contributed by atoms with van der Waals surface area (Å²) in [4.78, 5) is 11.6. The fraction of sp³-hybridized carbons (Fsp3) is 0.667. The summed E-state index contributed by atoms with van der Waals surface area (Å²) in [5.74, 6) is -1.77. The lowest BCUT2D eigenvalue weighted by molar-refractivity contribution is -0.185. The van der Waals surface area contributed by atoms with Gasteiger partial charge in [-0.2, -0.15) is 13.2 Å². The fourth-order valence-electron chi connectivity index (χ4n) is 1.39. The molecule has 1 aliphatic heterocycles. The van der Waals surface area contributed by atoms with Crippen LogP contribution in [0.25, 0.3) is 0 Å². The fourth-order valence-corrected chi connectivity index (χ4v) is 1.39. The maximum Gasteiger partial charge on any atom is 0.471 e. The number of nitrogens with zero attached hydrogens (tertiary/aromatic N) is 1. The summed E-state index contributed by atoms with van der Waals surface area (Å²) in [6.45, 7) is 0.526. The number of alkyl halides is 3. The second-order valence-corrected chi connectivity index (χ2v) is 3.29. The molecule has 86 valence electrons. The monoisotopic (exact) mass is 223 g/mol. The molecule has 15 heavy (non-hydrogen) atoms. The second-order valence-electron chi connectivity index (χ2n) is 3.29. The smallest absolute Gasteiger partial charge is 0.380 e. The number of methoxy groups -OCH3 is 1. The van der Waals surface area contributed by atoms with E-state index in [-0.39, 0.29) is 13.1 Å². The summed E-state index contributed by atoms with van der Waals surface area (Å²) in [7, 11) is 1.52. The molecule has 0 atom stereocenters. The van der Waals surface area contributed by atoms with Crippen LogP contribution in [-0.2, 0) is 9.53 Å². The molecule has 1 amide bonds. The zero-order chi connectivity index (χ0) is 11.5. The zero-order valence-electron chi connectivity index (χ0n) is 8.30. The number of amides is 1. The number of hydrogen-bond acceptors (Lipinski definition) is 2. The molecular weight excluding hydrogens is 211 g/mol. The van der Waals surface area contributed by atoms with Crippen molar-refractivity contribution < 1.29 is 22.7 Å². The first-order valence-corrected chi connectivity index (χ1v) is 4.48. The highest BCUT2D eigenvalue weighted by Gasteiger charge is 2.42. The topological polar surface area (TPSA) is 29.5 Å². The number of halogens is 3. The number of carbonyl (C=O) groups is 1. The minimum absolute atomic E-state index is 0.0109. The maximum absolute atomic E-state index is 12.0. The molecule has 0 bridgehead atoms. The largest absolute Gasteiger partial charge is 0.471 e. The molecule has 1 aliphatic rings. The molecule has 0 unspecified atom stereocenters. The van der Waals surface area contributed by atoms with Crippen molar-refractivity contribution >= 4 is 5.91 Å². The van der Waals surface area contributed by atoms with E-state index in [1.54, 1.807) is 6.08 Å². The molecule has 0 saturated heterocycles. The molecule has 6 heteroatoms. The van der Waals surface area contributed by atoms with Crippen LogP contribution in [0, 0.1) is 0 Å². The van der Waals surface area contributed by atoms with E-state index in [0.29, 0.717) is 13.0 Å². The average molecular weight is 223 g/mol. The van der Waals surface area contributed by atoms with E-state index >= 15 is 0 Å². The molecule has 0 N–H and O–H groups in total. The molecule has 0 aromatic rings. The van der Waals surface area contributed by atoms with Gasteiger partial charge in [0.25, 0.3) is 0 Å². The Bertz CT molecular complexity index is 273. The first-order valence-electron chi connectivity index (χ1n) is 4.48. The van der Waals surface area contributed by atoms with Crippen LogP contribution in [0.2, 0.25) is 0 Å². The predicted molar refractivity (Wildman–Crippen MR) is 47.2 cm³/mol. The van der Waals surface area contributed by atoms with Crippen molar-refractivity contribution in [2.24, 2.45) is 0 Å². The molecule has 3 nitrogen and oxygen atoms in total. The number of rotatable bonds is 2. The Balaban J connectivity index is 2.54. The quantitative estimate of drug-likeness (QED) is 0.661. The lowest BCUT2D eigenvalue weighted by Crippen LogP contribution is -2.43. The summed E-state index contributed by atoms with van der Waals surface area (Å²) in [5.41, 5.74) is 0.934. The molecule has 1 heterocycles. The van der Waals surface area contributed by atoms with Gasteiger partial charge in [-0.25, -0.2) is 0 Å². The third-order valence-electron chi connectivity index (χ3n) is 2.16. The van der Waals surface area contributed by atoms with Gasteiger partial charge in [0.1, 0.15) is 0 Å². The second kappa shape index (κ2) is 4.65. The molecule has 0 spiro atoms. The molecular formula is C9H12F3NO2. The van der Waals surface area contributed by atoms with E-state index in [1.165, 1.54) is 7.11 Å². The van der Waals surface area contributed by atoms with Crippen molar-refractivity contribution in [1.29, 1.82) is 0 Å². The van der Waals surface area contributed by atoms with Gasteiger partial charge in [-0.05, 0) is 12.0 Å². The van der Waals surface area contributed by atoms with Gasteiger partial charge in [-0.3, -0.25) is 4.79 Å². The number of ether oxygens (including phenoxy) is 1.